The van der Waals surface area contributed by atoms with Crippen LogP contribution in [0.25, 0.3) is 0 Å². The minimum atomic E-state index is -0.852. The molecule has 168 valence electrons. The number of hydrogen-bond donors (Lipinski definition) is 5. The Hall–Kier alpha value is -3.35. The number of carbonyl (C=O) groups is 1. The monoisotopic (exact) mass is 434 g/mol. The van der Waals surface area contributed by atoms with Gasteiger partial charge in [-0.05, 0) is 47.7 Å². The number of benzene rings is 3. The largest absolute Gasteiger partial charge is 0.508 e. The van der Waals surface area contributed by atoms with Crippen molar-refractivity contribution < 1.29 is 20.1 Å². The van der Waals surface area contributed by atoms with E-state index in [-0.39, 0.29) is 30.0 Å². The van der Waals surface area contributed by atoms with Crippen LogP contribution in [0.2, 0.25) is 0 Å². The van der Waals surface area contributed by atoms with Crippen molar-refractivity contribution in [1.82, 2.24) is 10.6 Å². The van der Waals surface area contributed by atoms with Crippen LogP contribution in [-0.4, -0.2) is 33.8 Å². The van der Waals surface area contributed by atoms with Gasteiger partial charge in [0.15, 0.2) is 0 Å². The van der Waals surface area contributed by atoms with E-state index in [4.69, 9.17) is 0 Å². The highest BCUT2D eigenvalue weighted by molar-refractivity contribution is 5.78. The van der Waals surface area contributed by atoms with Crippen LogP contribution in [0.4, 0.5) is 0 Å². The third kappa shape index (κ3) is 7.41. The van der Waals surface area contributed by atoms with Gasteiger partial charge in [0, 0.05) is 25.2 Å². The summed E-state index contributed by atoms with van der Waals surface area (Å²) in [7, 11) is 0. The first-order chi connectivity index (χ1) is 15.4. The van der Waals surface area contributed by atoms with E-state index in [0.29, 0.717) is 18.5 Å². The molecule has 5 N–H and O–H groups in total. The molecule has 0 bridgehead atoms. The minimum Gasteiger partial charge on any atom is -0.508 e. The fourth-order valence-electron chi connectivity index (χ4n) is 3.58. The average molecular weight is 435 g/mol. The van der Waals surface area contributed by atoms with Crippen molar-refractivity contribution in [3.63, 3.8) is 0 Å². The van der Waals surface area contributed by atoms with Crippen molar-refractivity contribution in [2.24, 2.45) is 0 Å². The number of phenols is 2. The summed E-state index contributed by atoms with van der Waals surface area (Å²) < 4.78 is 0. The molecular weight excluding hydrogens is 404 g/mol. The zero-order valence-electron chi connectivity index (χ0n) is 18.2. The normalized spacial score (nSPS) is 12.8. The quantitative estimate of drug-likeness (QED) is 0.337. The number of carbonyl (C=O) groups excluding carboxylic acids is 1. The van der Waals surface area contributed by atoms with Gasteiger partial charge in [-0.3, -0.25) is 4.79 Å². The van der Waals surface area contributed by atoms with Gasteiger partial charge in [0.2, 0.25) is 5.91 Å². The predicted molar refractivity (Wildman–Crippen MR) is 124 cm³/mol. The van der Waals surface area contributed by atoms with Gasteiger partial charge in [0.05, 0.1) is 12.5 Å². The molecular formula is C26H30N2O4. The van der Waals surface area contributed by atoms with E-state index in [1.807, 2.05) is 61.5 Å². The van der Waals surface area contributed by atoms with E-state index in [9.17, 15) is 20.1 Å². The zero-order valence-corrected chi connectivity index (χ0v) is 18.2. The van der Waals surface area contributed by atoms with Gasteiger partial charge in [-0.25, -0.2) is 0 Å². The molecule has 0 spiro atoms. The fraction of sp³-hybridized carbons (Fsp3) is 0.269. The van der Waals surface area contributed by atoms with Gasteiger partial charge in [0.1, 0.15) is 11.5 Å². The second kappa shape index (κ2) is 11.3. The standard InChI is InChI=1S/C26H30N2O4/c1-18(27-17-25(31)22-13-23(29)15-24(30)14-22)10-20-8-5-9-21(11-20)12-26(32)28-16-19-6-3-2-4-7-19/h2-9,11,13-15,18,25,27,29-31H,10,12,16-17H2,1H3,(H,28,32)/t18-,25+/m1/s1. The van der Waals surface area contributed by atoms with Crippen LogP contribution in [0.15, 0.2) is 72.8 Å². The van der Waals surface area contributed by atoms with Crippen molar-refractivity contribution in [2.45, 2.75) is 38.5 Å². The Morgan fingerprint density at radius 3 is 2.25 bits per heavy atom. The van der Waals surface area contributed by atoms with Crippen LogP contribution < -0.4 is 10.6 Å². The van der Waals surface area contributed by atoms with Gasteiger partial charge in [-0.1, -0.05) is 54.6 Å². The second-order valence-corrected chi connectivity index (χ2v) is 8.07. The highest BCUT2D eigenvalue weighted by Gasteiger charge is 2.12. The Balaban J connectivity index is 1.47. The molecule has 0 aromatic heterocycles. The number of aromatic hydroxyl groups is 2. The van der Waals surface area contributed by atoms with E-state index < -0.39 is 6.10 Å². The van der Waals surface area contributed by atoms with Crippen LogP contribution in [0, 0.1) is 0 Å². The third-order valence-electron chi connectivity index (χ3n) is 5.20. The first-order valence-electron chi connectivity index (χ1n) is 10.7. The van der Waals surface area contributed by atoms with Crippen LogP contribution in [0.3, 0.4) is 0 Å². The van der Waals surface area contributed by atoms with Crippen molar-refractivity contribution in [2.75, 3.05) is 6.54 Å². The molecule has 6 nitrogen and oxygen atoms in total. The SMILES string of the molecule is C[C@H](Cc1cccc(CC(=O)NCc2ccccc2)c1)NC[C@H](O)c1cc(O)cc(O)c1. The van der Waals surface area contributed by atoms with E-state index >= 15 is 0 Å². The van der Waals surface area contributed by atoms with Gasteiger partial charge in [0.25, 0.3) is 0 Å². The smallest absolute Gasteiger partial charge is 0.224 e. The topological polar surface area (TPSA) is 102 Å². The van der Waals surface area contributed by atoms with Gasteiger partial charge in [-0.2, -0.15) is 0 Å². The van der Waals surface area contributed by atoms with Gasteiger partial charge < -0.3 is 26.0 Å². The average Bonchev–Trinajstić information content (AvgIpc) is 2.76. The number of phenolic OH excluding ortho intramolecular Hbond substituents is 2. The molecule has 1 amide bonds. The van der Waals surface area contributed by atoms with Crippen LogP contribution in [0.5, 0.6) is 11.5 Å². The van der Waals surface area contributed by atoms with Crippen molar-refractivity contribution in [3.05, 3.63) is 95.1 Å². The predicted octanol–water partition coefficient (Wildman–Crippen LogP) is 3.21. The summed E-state index contributed by atoms with van der Waals surface area (Å²) in [4.78, 5) is 12.3. The molecule has 3 rings (SSSR count). The molecule has 0 radical (unpaired) electrons. The maximum atomic E-state index is 12.3. The van der Waals surface area contributed by atoms with E-state index in [1.165, 1.54) is 18.2 Å². The maximum absolute atomic E-state index is 12.3. The van der Waals surface area contributed by atoms with E-state index in [1.54, 1.807) is 0 Å². The number of hydrogen-bond acceptors (Lipinski definition) is 5. The van der Waals surface area contributed by atoms with Gasteiger partial charge >= 0.3 is 0 Å². The highest BCUT2D eigenvalue weighted by atomic mass is 16.3. The molecule has 2 atom stereocenters. The van der Waals surface area contributed by atoms with Crippen molar-refractivity contribution in [3.8, 4) is 11.5 Å². The lowest BCUT2D eigenvalue weighted by Gasteiger charge is -2.18. The summed E-state index contributed by atoms with van der Waals surface area (Å²) in [6.45, 7) is 2.82. The zero-order chi connectivity index (χ0) is 22.9. The minimum absolute atomic E-state index is 0.0188. The summed E-state index contributed by atoms with van der Waals surface area (Å²) in [5, 5.41) is 35.7. The van der Waals surface area contributed by atoms with E-state index in [2.05, 4.69) is 10.6 Å². The fourth-order valence-corrected chi connectivity index (χ4v) is 3.58. The Morgan fingerprint density at radius 1 is 0.875 bits per heavy atom. The Bertz CT molecular complexity index is 1000. The number of amides is 1. The maximum Gasteiger partial charge on any atom is 0.224 e. The number of aliphatic hydroxyl groups is 1. The number of rotatable bonds is 10. The Morgan fingerprint density at radius 2 is 1.53 bits per heavy atom. The molecule has 0 aliphatic carbocycles. The summed E-state index contributed by atoms with van der Waals surface area (Å²) in [5.74, 6) is -0.192. The molecule has 0 unspecified atom stereocenters. The number of aliphatic hydroxyl groups excluding tert-OH is 1. The first kappa shape index (κ1) is 23.3. The second-order valence-electron chi connectivity index (χ2n) is 8.07. The molecule has 6 heteroatoms. The molecule has 3 aromatic rings. The molecule has 0 fully saturated rings. The molecule has 0 aliphatic heterocycles. The molecule has 0 aliphatic rings. The Kier molecular flexibility index (Phi) is 8.25. The Labute approximate surface area is 188 Å². The highest BCUT2D eigenvalue weighted by Crippen LogP contribution is 2.24. The molecule has 32 heavy (non-hydrogen) atoms. The van der Waals surface area contributed by atoms with Crippen LogP contribution in [-0.2, 0) is 24.2 Å². The summed E-state index contributed by atoms with van der Waals surface area (Å²) in [6.07, 6.45) is 0.203. The third-order valence-corrected chi connectivity index (χ3v) is 5.20. The lowest BCUT2D eigenvalue weighted by molar-refractivity contribution is -0.120. The molecule has 0 saturated carbocycles. The molecule has 0 heterocycles. The van der Waals surface area contributed by atoms with Crippen molar-refractivity contribution in [1.29, 1.82) is 0 Å². The first-order valence-corrected chi connectivity index (χ1v) is 10.7. The molecule has 0 saturated heterocycles. The van der Waals surface area contributed by atoms with Crippen LogP contribution in [0.1, 0.15) is 35.3 Å². The number of nitrogens with one attached hydrogen (secondary N) is 2. The van der Waals surface area contributed by atoms with Crippen LogP contribution >= 0.6 is 0 Å². The van der Waals surface area contributed by atoms with E-state index in [0.717, 1.165) is 23.1 Å². The lowest BCUT2D eigenvalue weighted by atomic mass is 10.0. The van der Waals surface area contributed by atoms with Gasteiger partial charge in [-0.15, -0.1) is 0 Å². The molecule has 3 aromatic carbocycles. The summed E-state index contributed by atoms with van der Waals surface area (Å²) >= 11 is 0. The van der Waals surface area contributed by atoms with Crippen molar-refractivity contribution >= 4 is 5.91 Å². The summed E-state index contributed by atoms with van der Waals surface area (Å²) in [5.41, 5.74) is 3.57. The lowest BCUT2D eigenvalue weighted by Crippen LogP contribution is -2.32. The summed E-state index contributed by atoms with van der Waals surface area (Å²) in [6, 6.07) is 21.9.